The van der Waals surface area contributed by atoms with Crippen LogP contribution in [-0.2, 0) is 0 Å². The minimum Gasteiger partial charge on any atom is -0.389 e. The van der Waals surface area contributed by atoms with Crippen LogP contribution in [0.2, 0.25) is 0 Å². The van der Waals surface area contributed by atoms with Crippen LogP contribution in [0.5, 0.6) is 0 Å². The van der Waals surface area contributed by atoms with Gasteiger partial charge in [0.1, 0.15) is 0 Å². The summed E-state index contributed by atoms with van der Waals surface area (Å²) < 4.78 is 0. The average molecular weight is 233 g/mol. The van der Waals surface area contributed by atoms with E-state index < -0.39 is 5.60 Å². The number of hydrogen-bond acceptors (Lipinski definition) is 2. The second-order valence-electron chi connectivity index (χ2n) is 5.34. The molecule has 1 aromatic carbocycles. The van der Waals surface area contributed by atoms with Crippen molar-refractivity contribution in [3.05, 3.63) is 35.9 Å². The first-order valence-electron chi connectivity index (χ1n) is 6.66. The highest BCUT2D eigenvalue weighted by atomic mass is 16.3. The number of aliphatic hydroxyl groups is 1. The van der Waals surface area contributed by atoms with Crippen molar-refractivity contribution < 1.29 is 5.11 Å². The van der Waals surface area contributed by atoms with E-state index in [0.29, 0.717) is 6.54 Å². The number of rotatable bonds is 3. The fourth-order valence-electron chi connectivity index (χ4n) is 3.12. The maximum atomic E-state index is 11.0. The molecule has 94 valence electrons. The molecule has 0 aromatic heterocycles. The van der Waals surface area contributed by atoms with Crippen LogP contribution in [0.25, 0.3) is 0 Å². The second-order valence-corrected chi connectivity index (χ2v) is 5.34. The molecule has 1 saturated carbocycles. The first kappa shape index (κ1) is 12.6. The molecular formula is C15H23NO. The predicted molar refractivity (Wildman–Crippen MR) is 70.8 cm³/mol. The maximum Gasteiger partial charge on any atom is 0.0753 e. The molecule has 2 heteroatoms. The average Bonchev–Trinajstić information content (AvgIpc) is 2.39. The second kappa shape index (κ2) is 5.19. The highest BCUT2D eigenvalue weighted by Gasteiger charge is 2.43. The Morgan fingerprint density at radius 1 is 1.35 bits per heavy atom. The molecule has 17 heavy (non-hydrogen) atoms. The molecule has 1 aliphatic carbocycles. The third-order valence-corrected chi connectivity index (χ3v) is 4.33. The van der Waals surface area contributed by atoms with E-state index in [1.165, 1.54) is 12.0 Å². The summed E-state index contributed by atoms with van der Waals surface area (Å²) in [6.07, 6.45) is 4.28. The summed E-state index contributed by atoms with van der Waals surface area (Å²) in [5, 5.41) is 11.0. The van der Waals surface area contributed by atoms with E-state index in [2.05, 4.69) is 31.2 Å². The van der Waals surface area contributed by atoms with Crippen LogP contribution in [-0.4, -0.2) is 17.3 Å². The number of nitrogens with two attached hydrogens (primary N) is 1. The van der Waals surface area contributed by atoms with E-state index >= 15 is 0 Å². The summed E-state index contributed by atoms with van der Waals surface area (Å²) >= 11 is 0. The summed E-state index contributed by atoms with van der Waals surface area (Å²) in [4.78, 5) is 0. The molecule has 0 radical (unpaired) electrons. The van der Waals surface area contributed by atoms with Gasteiger partial charge in [-0.15, -0.1) is 0 Å². The Balaban J connectivity index is 2.29. The van der Waals surface area contributed by atoms with Gasteiger partial charge in [-0.3, -0.25) is 0 Å². The van der Waals surface area contributed by atoms with Gasteiger partial charge in [-0.2, -0.15) is 0 Å². The summed E-state index contributed by atoms with van der Waals surface area (Å²) in [6, 6.07) is 10.4. The lowest BCUT2D eigenvalue weighted by molar-refractivity contribution is -0.0589. The Hall–Kier alpha value is -0.860. The van der Waals surface area contributed by atoms with Crippen LogP contribution < -0.4 is 5.73 Å². The Morgan fingerprint density at radius 3 is 2.71 bits per heavy atom. The lowest BCUT2D eigenvalue weighted by atomic mass is 9.66. The van der Waals surface area contributed by atoms with E-state index in [1.807, 2.05) is 6.07 Å². The van der Waals surface area contributed by atoms with E-state index in [9.17, 15) is 5.11 Å². The van der Waals surface area contributed by atoms with Crippen molar-refractivity contribution in [2.75, 3.05) is 6.54 Å². The van der Waals surface area contributed by atoms with Crippen molar-refractivity contribution in [1.29, 1.82) is 0 Å². The Bertz CT molecular complexity index is 351. The zero-order chi connectivity index (χ0) is 12.3. The Morgan fingerprint density at radius 2 is 2.06 bits per heavy atom. The van der Waals surface area contributed by atoms with Crippen molar-refractivity contribution in [3.8, 4) is 0 Å². The van der Waals surface area contributed by atoms with Gasteiger partial charge in [-0.25, -0.2) is 0 Å². The van der Waals surface area contributed by atoms with Crippen LogP contribution in [0.3, 0.4) is 0 Å². The van der Waals surface area contributed by atoms with Gasteiger partial charge in [0.05, 0.1) is 5.60 Å². The first-order valence-corrected chi connectivity index (χ1v) is 6.66. The fraction of sp³-hybridized carbons (Fsp3) is 0.600. The van der Waals surface area contributed by atoms with Crippen molar-refractivity contribution in [3.63, 3.8) is 0 Å². The lowest BCUT2D eigenvalue weighted by Gasteiger charge is -2.44. The zero-order valence-corrected chi connectivity index (χ0v) is 10.6. The van der Waals surface area contributed by atoms with Crippen LogP contribution in [0.1, 0.15) is 44.1 Å². The molecule has 3 unspecified atom stereocenters. The molecule has 0 spiro atoms. The molecule has 2 nitrogen and oxygen atoms in total. The molecule has 3 N–H and O–H groups in total. The van der Waals surface area contributed by atoms with E-state index in [1.54, 1.807) is 0 Å². The van der Waals surface area contributed by atoms with E-state index in [0.717, 1.165) is 19.3 Å². The fourth-order valence-corrected chi connectivity index (χ4v) is 3.12. The quantitative estimate of drug-likeness (QED) is 0.843. The van der Waals surface area contributed by atoms with Gasteiger partial charge >= 0.3 is 0 Å². The molecular weight excluding hydrogens is 210 g/mol. The van der Waals surface area contributed by atoms with Gasteiger partial charge in [-0.05, 0) is 30.9 Å². The Kier molecular flexibility index (Phi) is 3.85. The van der Waals surface area contributed by atoms with Crippen LogP contribution in [0.4, 0.5) is 0 Å². The molecule has 3 atom stereocenters. The van der Waals surface area contributed by atoms with Crippen molar-refractivity contribution >= 4 is 0 Å². The van der Waals surface area contributed by atoms with Gasteiger partial charge in [0.2, 0.25) is 0 Å². The predicted octanol–water partition coefficient (Wildman–Crippen LogP) is 2.67. The van der Waals surface area contributed by atoms with Crippen LogP contribution in [0.15, 0.2) is 30.3 Å². The van der Waals surface area contributed by atoms with E-state index in [-0.39, 0.29) is 11.8 Å². The highest BCUT2D eigenvalue weighted by molar-refractivity contribution is 5.24. The van der Waals surface area contributed by atoms with Crippen molar-refractivity contribution in [1.82, 2.24) is 0 Å². The van der Waals surface area contributed by atoms with Gasteiger partial charge < -0.3 is 10.8 Å². The summed E-state index contributed by atoms with van der Waals surface area (Å²) in [5.74, 6) is 0.406. The smallest absolute Gasteiger partial charge is 0.0753 e. The molecule has 0 heterocycles. The van der Waals surface area contributed by atoms with Gasteiger partial charge in [0.25, 0.3) is 0 Å². The van der Waals surface area contributed by atoms with Crippen LogP contribution in [0, 0.1) is 5.92 Å². The van der Waals surface area contributed by atoms with Crippen LogP contribution >= 0.6 is 0 Å². The standard InChI is InChI=1S/C15H23NO/c1-12(11-16)15(17)10-6-5-9-14(15)13-7-3-2-4-8-13/h2-4,7-8,12,14,17H,5-6,9-11,16H2,1H3. The monoisotopic (exact) mass is 233 g/mol. The zero-order valence-electron chi connectivity index (χ0n) is 10.6. The largest absolute Gasteiger partial charge is 0.389 e. The third kappa shape index (κ3) is 2.38. The minimum absolute atomic E-state index is 0.160. The summed E-state index contributed by atoms with van der Waals surface area (Å²) in [6.45, 7) is 2.63. The molecule has 0 amide bonds. The van der Waals surface area contributed by atoms with Crippen molar-refractivity contribution in [2.24, 2.45) is 11.7 Å². The van der Waals surface area contributed by atoms with Crippen molar-refractivity contribution in [2.45, 2.75) is 44.1 Å². The number of hydrogen-bond donors (Lipinski definition) is 2. The third-order valence-electron chi connectivity index (χ3n) is 4.33. The molecule has 1 aliphatic rings. The number of benzene rings is 1. The summed E-state index contributed by atoms with van der Waals surface area (Å²) in [5.41, 5.74) is 6.41. The van der Waals surface area contributed by atoms with Gasteiger partial charge in [-0.1, -0.05) is 50.1 Å². The van der Waals surface area contributed by atoms with E-state index in [4.69, 9.17) is 5.73 Å². The molecule has 1 fully saturated rings. The highest BCUT2D eigenvalue weighted by Crippen LogP contribution is 2.44. The molecule has 2 rings (SSSR count). The SMILES string of the molecule is CC(CN)C1(O)CCCCC1c1ccccc1. The molecule has 0 bridgehead atoms. The van der Waals surface area contributed by atoms with Gasteiger partial charge in [0.15, 0.2) is 0 Å². The normalized spacial score (nSPS) is 31.1. The lowest BCUT2D eigenvalue weighted by Crippen LogP contribution is -2.47. The first-order chi connectivity index (χ1) is 8.18. The molecule has 1 aromatic rings. The molecule has 0 aliphatic heterocycles. The minimum atomic E-state index is -0.617. The topological polar surface area (TPSA) is 46.2 Å². The Labute approximate surface area is 104 Å². The summed E-state index contributed by atoms with van der Waals surface area (Å²) in [7, 11) is 0. The molecule has 0 saturated heterocycles. The maximum absolute atomic E-state index is 11.0. The van der Waals surface area contributed by atoms with Gasteiger partial charge in [0, 0.05) is 5.92 Å².